The third kappa shape index (κ3) is 2.61. The lowest BCUT2D eigenvalue weighted by Crippen LogP contribution is -2.07. The van der Waals surface area contributed by atoms with Crippen LogP contribution in [0.5, 0.6) is 0 Å². The molecule has 0 saturated carbocycles. The van der Waals surface area contributed by atoms with Gasteiger partial charge in [-0.25, -0.2) is 0 Å². The number of rotatable bonds is 3. The molecule has 1 heterocycles. The van der Waals surface area contributed by atoms with Crippen molar-refractivity contribution in [2.45, 2.75) is 13.0 Å². The van der Waals surface area contributed by atoms with E-state index in [9.17, 15) is 0 Å². The zero-order valence-electron chi connectivity index (χ0n) is 11.2. The van der Waals surface area contributed by atoms with E-state index in [2.05, 4.69) is 29.4 Å². The van der Waals surface area contributed by atoms with Crippen molar-refractivity contribution in [3.05, 3.63) is 71.4 Å². The van der Waals surface area contributed by atoms with Crippen LogP contribution in [0.2, 0.25) is 5.02 Å². The molecule has 0 aliphatic rings. The van der Waals surface area contributed by atoms with Crippen molar-refractivity contribution in [1.29, 1.82) is 0 Å². The van der Waals surface area contributed by atoms with Crippen LogP contribution in [0.4, 0.5) is 5.69 Å². The van der Waals surface area contributed by atoms with Crippen molar-refractivity contribution in [2.75, 3.05) is 5.32 Å². The van der Waals surface area contributed by atoms with Crippen LogP contribution in [0.25, 0.3) is 10.9 Å². The molecule has 3 heteroatoms. The van der Waals surface area contributed by atoms with Crippen LogP contribution in [-0.2, 0) is 0 Å². The van der Waals surface area contributed by atoms with Crippen molar-refractivity contribution in [3.8, 4) is 0 Å². The Labute approximate surface area is 123 Å². The largest absolute Gasteiger partial charge is 0.378 e. The molecule has 1 N–H and O–H groups in total. The molecule has 1 aromatic heterocycles. The molecule has 3 rings (SSSR count). The second-order valence-corrected chi connectivity index (χ2v) is 5.23. The molecule has 0 amide bonds. The zero-order valence-corrected chi connectivity index (χ0v) is 11.9. The van der Waals surface area contributed by atoms with E-state index in [1.807, 2.05) is 48.7 Å². The average molecular weight is 283 g/mol. The van der Waals surface area contributed by atoms with Crippen LogP contribution in [0.15, 0.2) is 60.8 Å². The summed E-state index contributed by atoms with van der Waals surface area (Å²) in [6, 6.07) is 18.2. The molecule has 0 radical (unpaired) electrons. The summed E-state index contributed by atoms with van der Waals surface area (Å²) < 4.78 is 0. The van der Waals surface area contributed by atoms with Gasteiger partial charge in [0.05, 0.1) is 5.52 Å². The van der Waals surface area contributed by atoms with Gasteiger partial charge in [-0.05, 0) is 36.8 Å². The monoisotopic (exact) mass is 282 g/mol. The van der Waals surface area contributed by atoms with E-state index in [0.717, 1.165) is 21.6 Å². The number of halogens is 1. The topological polar surface area (TPSA) is 24.9 Å². The Hall–Kier alpha value is -2.06. The molecule has 0 aliphatic heterocycles. The second-order valence-electron chi connectivity index (χ2n) is 4.80. The summed E-state index contributed by atoms with van der Waals surface area (Å²) in [6.45, 7) is 2.13. The molecule has 0 spiro atoms. The first-order valence-corrected chi connectivity index (χ1v) is 6.97. The van der Waals surface area contributed by atoms with Crippen LogP contribution in [-0.4, -0.2) is 4.98 Å². The first-order chi connectivity index (χ1) is 9.74. The molecule has 100 valence electrons. The Kier molecular flexibility index (Phi) is 3.57. The summed E-state index contributed by atoms with van der Waals surface area (Å²) in [4.78, 5) is 4.37. The lowest BCUT2D eigenvalue weighted by atomic mass is 10.1. The first-order valence-electron chi connectivity index (χ1n) is 6.60. The Morgan fingerprint density at radius 3 is 2.75 bits per heavy atom. The highest BCUT2D eigenvalue weighted by Crippen LogP contribution is 2.26. The standard InChI is InChI=1S/C17H15ClN2/c1-12(13-5-4-6-14(18)11-13)20-17-9-10-19-16-8-3-2-7-15(16)17/h2-12H,1H3,(H,19,20). The predicted octanol–water partition coefficient (Wildman–Crippen LogP) is 5.06. The first kappa shape index (κ1) is 12.9. The number of para-hydroxylation sites is 1. The van der Waals surface area contributed by atoms with Crippen molar-refractivity contribution in [3.63, 3.8) is 0 Å². The molecule has 1 atom stereocenters. The average Bonchev–Trinajstić information content (AvgIpc) is 2.47. The van der Waals surface area contributed by atoms with Crippen LogP contribution >= 0.6 is 11.6 Å². The van der Waals surface area contributed by atoms with Crippen LogP contribution in [0.1, 0.15) is 18.5 Å². The summed E-state index contributed by atoms with van der Waals surface area (Å²) in [5.41, 5.74) is 3.25. The fraction of sp³-hybridized carbons (Fsp3) is 0.118. The molecule has 0 bridgehead atoms. The summed E-state index contributed by atoms with van der Waals surface area (Å²) in [6.07, 6.45) is 1.83. The third-order valence-corrected chi connectivity index (χ3v) is 3.60. The molecule has 2 nitrogen and oxygen atoms in total. The number of hydrogen-bond acceptors (Lipinski definition) is 2. The number of fused-ring (bicyclic) bond motifs is 1. The molecule has 3 aromatic rings. The number of nitrogens with one attached hydrogen (secondary N) is 1. The number of aromatic nitrogens is 1. The van der Waals surface area contributed by atoms with Crippen molar-refractivity contribution < 1.29 is 0 Å². The number of hydrogen-bond donors (Lipinski definition) is 1. The van der Waals surface area contributed by atoms with E-state index in [1.54, 1.807) is 0 Å². The molecule has 0 saturated heterocycles. The predicted molar refractivity (Wildman–Crippen MR) is 85.2 cm³/mol. The highest BCUT2D eigenvalue weighted by atomic mass is 35.5. The van der Waals surface area contributed by atoms with E-state index in [4.69, 9.17) is 11.6 Å². The van der Waals surface area contributed by atoms with E-state index >= 15 is 0 Å². The lowest BCUT2D eigenvalue weighted by Gasteiger charge is -2.17. The van der Waals surface area contributed by atoms with Gasteiger partial charge >= 0.3 is 0 Å². The molecule has 2 aromatic carbocycles. The third-order valence-electron chi connectivity index (χ3n) is 3.37. The molecule has 0 fully saturated rings. The smallest absolute Gasteiger partial charge is 0.0722 e. The van der Waals surface area contributed by atoms with E-state index in [-0.39, 0.29) is 6.04 Å². The minimum atomic E-state index is 0.180. The molecular formula is C17H15ClN2. The zero-order chi connectivity index (χ0) is 13.9. The van der Waals surface area contributed by atoms with Crippen LogP contribution < -0.4 is 5.32 Å². The van der Waals surface area contributed by atoms with E-state index in [0.29, 0.717) is 0 Å². The Morgan fingerprint density at radius 1 is 1.05 bits per heavy atom. The minimum Gasteiger partial charge on any atom is -0.378 e. The van der Waals surface area contributed by atoms with E-state index in [1.165, 1.54) is 5.56 Å². The Bertz CT molecular complexity index is 734. The van der Waals surface area contributed by atoms with Gasteiger partial charge in [-0.2, -0.15) is 0 Å². The van der Waals surface area contributed by atoms with Gasteiger partial charge in [0.15, 0.2) is 0 Å². The second kappa shape index (κ2) is 5.51. The normalized spacial score (nSPS) is 12.3. The van der Waals surface area contributed by atoms with Crippen LogP contribution in [0.3, 0.4) is 0 Å². The van der Waals surface area contributed by atoms with Gasteiger partial charge in [-0.1, -0.05) is 41.9 Å². The Morgan fingerprint density at radius 2 is 1.90 bits per heavy atom. The Balaban J connectivity index is 1.93. The van der Waals surface area contributed by atoms with Gasteiger partial charge in [0.25, 0.3) is 0 Å². The van der Waals surface area contributed by atoms with E-state index < -0.39 is 0 Å². The molecule has 1 unspecified atom stereocenters. The van der Waals surface area contributed by atoms with Crippen molar-refractivity contribution in [1.82, 2.24) is 4.98 Å². The number of benzene rings is 2. The fourth-order valence-electron chi connectivity index (χ4n) is 2.31. The molecule has 20 heavy (non-hydrogen) atoms. The van der Waals surface area contributed by atoms with Crippen molar-refractivity contribution in [2.24, 2.45) is 0 Å². The maximum absolute atomic E-state index is 6.05. The van der Waals surface area contributed by atoms with Gasteiger partial charge in [0.1, 0.15) is 0 Å². The maximum atomic E-state index is 6.05. The molecular weight excluding hydrogens is 268 g/mol. The summed E-state index contributed by atoms with van der Waals surface area (Å²) in [5, 5.41) is 5.42. The minimum absolute atomic E-state index is 0.180. The van der Waals surface area contributed by atoms with Gasteiger partial charge in [-0.3, -0.25) is 4.98 Å². The lowest BCUT2D eigenvalue weighted by molar-refractivity contribution is 0.886. The van der Waals surface area contributed by atoms with Gasteiger partial charge in [0, 0.05) is 28.3 Å². The highest BCUT2D eigenvalue weighted by molar-refractivity contribution is 6.30. The molecule has 0 aliphatic carbocycles. The fourth-order valence-corrected chi connectivity index (χ4v) is 2.51. The van der Waals surface area contributed by atoms with Gasteiger partial charge in [-0.15, -0.1) is 0 Å². The van der Waals surface area contributed by atoms with Gasteiger partial charge < -0.3 is 5.32 Å². The van der Waals surface area contributed by atoms with Crippen molar-refractivity contribution >= 4 is 28.2 Å². The summed E-state index contributed by atoms with van der Waals surface area (Å²) >= 11 is 6.05. The van der Waals surface area contributed by atoms with Gasteiger partial charge in [0.2, 0.25) is 0 Å². The SMILES string of the molecule is CC(Nc1ccnc2ccccc12)c1cccc(Cl)c1. The highest BCUT2D eigenvalue weighted by Gasteiger charge is 2.08. The summed E-state index contributed by atoms with van der Waals surface area (Å²) in [5.74, 6) is 0. The number of anilines is 1. The quantitative estimate of drug-likeness (QED) is 0.726. The summed E-state index contributed by atoms with van der Waals surface area (Å²) in [7, 11) is 0. The number of pyridine rings is 1. The maximum Gasteiger partial charge on any atom is 0.0722 e. The van der Waals surface area contributed by atoms with Crippen LogP contribution in [0, 0.1) is 0 Å². The number of nitrogens with zero attached hydrogens (tertiary/aromatic N) is 1.